The molecule has 30 heavy (non-hydrogen) atoms. The van der Waals surface area contributed by atoms with E-state index in [2.05, 4.69) is 28.4 Å². The van der Waals surface area contributed by atoms with E-state index in [1.807, 2.05) is 30.5 Å². The molecule has 152 valence electrons. The summed E-state index contributed by atoms with van der Waals surface area (Å²) in [5.74, 6) is 1.53. The second kappa shape index (κ2) is 7.80. The van der Waals surface area contributed by atoms with Gasteiger partial charge in [0, 0.05) is 23.4 Å². The zero-order valence-electron chi connectivity index (χ0n) is 16.9. The Balaban J connectivity index is 1.67. The molecule has 0 aliphatic heterocycles. The topological polar surface area (TPSA) is 83.0 Å². The molecule has 0 aliphatic carbocycles. The summed E-state index contributed by atoms with van der Waals surface area (Å²) in [5.41, 5.74) is 9.46. The Morgan fingerprint density at radius 2 is 1.87 bits per heavy atom. The molecular formula is C23H21ClN4O2. The number of nitrogens with zero attached hydrogens (tertiary/aromatic N) is 3. The Morgan fingerprint density at radius 3 is 2.50 bits per heavy atom. The van der Waals surface area contributed by atoms with E-state index in [9.17, 15) is 4.79 Å². The number of Topliss-reactive ketones (excluding diaryl/α,β-unsaturated/α-hetero) is 1. The van der Waals surface area contributed by atoms with Crippen molar-refractivity contribution in [3.05, 3.63) is 65.6 Å². The molecule has 0 fully saturated rings. The van der Waals surface area contributed by atoms with Gasteiger partial charge in [0.2, 0.25) is 0 Å². The third-order valence-electron chi connectivity index (χ3n) is 4.93. The Labute approximate surface area is 179 Å². The smallest absolute Gasteiger partial charge is 0.159 e. The number of aromatic nitrogens is 3. The molecule has 4 rings (SSSR count). The number of hydrogen-bond donors (Lipinski definition) is 1. The van der Waals surface area contributed by atoms with Gasteiger partial charge in [-0.05, 0) is 56.7 Å². The highest BCUT2D eigenvalue weighted by Crippen LogP contribution is 2.36. The van der Waals surface area contributed by atoms with Gasteiger partial charge in [0.15, 0.2) is 5.78 Å². The lowest BCUT2D eigenvalue weighted by atomic mass is 10.1. The molecule has 2 aromatic carbocycles. The van der Waals surface area contributed by atoms with Gasteiger partial charge in [0.25, 0.3) is 0 Å². The first kappa shape index (κ1) is 19.9. The van der Waals surface area contributed by atoms with E-state index in [0.717, 1.165) is 22.2 Å². The van der Waals surface area contributed by atoms with Gasteiger partial charge in [0.1, 0.15) is 29.3 Å². The van der Waals surface area contributed by atoms with Crippen molar-refractivity contribution < 1.29 is 9.53 Å². The van der Waals surface area contributed by atoms with Gasteiger partial charge < -0.3 is 15.0 Å². The van der Waals surface area contributed by atoms with Gasteiger partial charge >= 0.3 is 0 Å². The van der Waals surface area contributed by atoms with Gasteiger partial charge in [-0.15, -0.1) is 0 Å². The van der Waals surface area contributed by atoms with Crippen molar-refractivity contribution in [3.8, 4) is 22.6 Å². The fourth-order valence-corrected chi connectivity index (χ4v) is 3.57. The Morgan fingerprint density at radius 1 is 1.13 bits per heavy atom. The standard InChI is InChI=1S/C23H21ClN4O2/c1-13(2)28-11-18(21-22(25)26-12-27-23(21)28)15-4-7-17(8-5-15)30-20-9-6-16(14(3)29)10-19(20)24/h4-13H,1-3H3,(H2,25,26,27). The van der Waals surface area contributed by atoms with Crippen LogP contribution in [0, 0.1) is 0 Å². The van der Waals surface area contributed by atoms with Crippen LogP contribution in [0.15, 0.2) is 55.0 Å². The maximum atomic E-state index is 11.5. The molecule has 0 spiro atoms. The van der Waals surface area contributed by atoms with Crippen LogP contribution in [0.5, 0.6) is 11.5 Å². The van der Waals surface area contributed by atoms with Crippen molar-refractivity contribution in [1.82, 2.24) is 14.5 Å². The number of nitrogens with two attached hydrogens (primary N) is 1. The molecule has 0 saturated heterocycles. The Bertz CT molecular complexity index is 1250. The average Bonchev–Trinajstić information content (AvgIpc) is 3.11. The molecule has 7 heteroatoms. The van der Waals surface area contributed by atoms with E-state index in [1.165, 1.54) is 13.3 Å². The summed E-state index contributed by atoms with van der Waals surface area (Å²) in [4.78, 5) is 20.1. The summed E-state index contributed by atoms with van der Waals surface area (Å²) in [6.45, 7) is 5.69. The minimum atomic E-state index is -0.0448. The van der Waals surface area contributed by atoms with Gasteiger partial charge in [0.05, 0.1) is 10.4 Å². The molecule has 4 aromatic rings. The largest absolute Gasteiger partial charge is 0.456 e. The van der Waals surface area contributed by atoms with Crippen LogP contribution in [0.1, 0.15) is 37.2 Å². The monoisotopic (exact) mass is 420 g/mol. The number of carbonyl (C=O) groups is 1. The first-order chi connectivity index (χ1) is 14.3. The average molecular weight is 421 g/mol. The molecule has 0 radical (unpaired) electrons. The molecule has 0 atom stereocenters. The van der Waals surface area contributed by atoms with Gasteiger partial charge in [-0.1, -0.05) is 23.7 Å². The second-order valence-corrected chi connectivity index (χ2v) is 7.74. The summed E-state index contributed by atoms with van der Waals surface area (Å²) in [6, 6.07) is 12.9. The number of hydrogen-bond acceptors (Lipinski definition) is 5. The number of halogens is 1. The third kappa shape index (κ3) is 3.62. The zero-order chi connectivity index (χ0) is 21.4. The number of rotatable bonds is 5. The number of benzene rings is 2. The van der Waals surface area contributed by atoms with E-state index >= 15 is 0 Å². The Hall–Kier alpha value is -3.38. The van der Waals surface area contributed by atoms with E-state index in [-0.39, 0.29) is 11.8 Å². The van der Waals surface area contributed by atoms with E-state index < -0.39 is 0 Å². The van der Waals surface area contributed by atoms with Crippen LogP contribution >= 0.6 is 11.6 Å². The van der Waals surface area contributed by atoms with Crippen molar-refractivity contribution >= 4 is 34.2 Å². The van der Waals surface area contributed by atoms with Crippen LogP contribution < -0.4 is 10.5 Å². The van der Waals surface area contributed by atoms with E-state index in [4.69, 9.17) is 22.1 Å². The molecule has 0 saturated carbocycles. The predicted octanol–water partition coefficient (Wildman–Crippen LogP) is 5.91. The molecule has 2 N–H and O–H groups in total. The first-order valence-electron chi connectivity index (χ1n) is 9.55. The lowest BCUT2D eigenvalue weighted by Gasteiger charge is -2.09. The highest BCUT2D eigenvalue weighted by molar-refractivity contribution is 6.32. The fraction of sp³-hybridized carbons (Fsp3) is 0.174. The normalized spacial score (nSPS) is 11.2. The Kier molecular flexibility index (Phi) is 5.18. The summed E-state index contributed by atoms with van der Waals surface area (Å²) in [5, 5.41) is 1.22. The van der Waals surface area contributed by atoms with Crippen LogP contribution in [0.3, 0.4) is 0 Å². The first-order valence-corrected chi connectivity index (χ1v) is 9.92. The van der Waals surface area contributed by atoms with Crippen LogP contribution in [-0.2, 0) is 0 Å². The number of anilines is 1. The molecule has 0 bridgehead atoms. The van der Waals surface area contributed by atoms with Crippen molar-refractivity contribution in [3.63, 3.8) is 0 Å². The van der Waals surface area contributed by atoms with Crippen molar-refractivity contribution in [2.45, 2.75) is 26.8 Å². The zero-order valence-corrected chi connectivity index (χ0v) is 17.6. The quantitative estimate of drug-likeness (QED) is 0.406. The minimum Gasteiger partial charge on any atom is -0.456 e. The van der Waals surface area contributed by atoms with Gasteiger partial charge in [-0.25, -0.2) is 9.97 Å². The lowest BCUT2D eigenvalue weighted by Crippen LogP contribution is -2.00. The predicted molar refractivity (Wildman–Crippen MR) is 119 cm³/mol. The number of ketones is 1. The summed E-state index contributed by atoms with van der Waals surface area (Å²) in [6.07, 6.45) is 3.53. The highest BCUT2D eigenvalue weighted by Gasteiger charge is 2.16. The van der Waals surface area contributed by atoms with Crippen molar-refractivity contribution in [1.29, 1.82) is 0 Å². The van der Waals surface area contributed by atoms with Crippen LogP contribution in [0.4, 0.5) is 5.82 Å². The molecule has 0 amide bonds. The van der Waals surface area contributed by atoms with Crippen LogP contribution in [0.25, 0.3) is 22.2 Å². The van der Waals surface area contributed by atoms with Crippen LogP contribution in [-0.4, -0.2) is 20.3 Å². The van der Waals surface area contributed by atoms with E-state index in [1.54, 1.807) is 18.2 Å². The number of fused-ring (bicyclic) bond motifs is 1. The maximum Gasteiger partial charge on any atom is 0.159 e. The highest BCUT2D eigenvalue weighted by atomic mass is 35.5. The fourth-order valence-electron chi connectivity index (χ4n) is 3.35. The summed E-state index contributed by atoms with van der Waals surface area (Å²) < 4.78 is 7.98. The number of carbonyl (C=O) groups excluding carboxylic acids is 1. The molecular weight excluding hydrogens is 400 g/mol. The summed E-state index contributed by atoms with van der Waals surface area (Å²) >= 11 is 6.26. The molecule has 0 aliphatic rings. The molecule has 0 unspecified atom stereocenters. The number of nitrogen functional groups attached to an aromatic ring is 1. The van der Waals surface area contributed by atoms with Gasteiger partial charge in [-0.3, -0.25) is 4.79 Å². The summed E-state index contributed by atoms with van der Waals surface area (Å²) in [7, 11) is 0. The van der Waals surface area contributed by atoms with Gasteiger partial charge in [-0.2, -0.15) is 0 Å². The molecule has 6 nitrogen and oxygen atoms in total. The second-order valence-electron chi connectivity index (χ2n) is 7.33. The van der Waals surface area contributed by atoms with Crippen molar-refractivity contribution in [2.75, 3.05) is 5.73 Å². The lowest BCUT2D eigenvalue weighted by molar-refractivity contribution is 0.101. The number of ether oxygens (including phenoxy) is 1. The molecule has 2 aromatic heterocycles. The van der Waals surface area contributed by atoms with E-state index in [0.29, 0.717) is 27.9 Å². The minimum absolute atomic E-state index is 0.0448. The van der Waals surface area contributed by atoms with Crippen LogP contribution in [0.2, 0.25) is 5.02 Å². The maximum absolute atomic E-state index is 11.5. The SMILES string of the molecule is CC(=O)c1ccc(Oc2ccc(-c3cn(C(C)C)c4ncnc(N)c34)cc2)c(Cl)c1. The third-order valence-corrected chi connectivity index (χ3v) is 5.22. The molecule has 2 heterocycles. The van der Waals surface area contributed by atoms with Crippen molar-refractivity contribution in [2.24, 2.45) is 0 Å².